The third-order valence-corrected chi connectivity index (χ3v) is 3.81. The van der Waals surface area contributed by atoms with Gasteiger partial charge < -0.3 is 15.7 Å². The molecule has 0 spiro atoms. The summed E-state index contributed by atoms with van der Waals surface area (Å²) in [5, 5.41) is 9.75. The van der Waals surface area contributed by atoms with Crippen molar-refractivity contribution >= 4 is 17.3 Å². The minimum atomic E-state index is -0.116. The highest BCUT2D eigenvalue weighted by atomic mass is 16.3. The molecule has 0 aromatic heterocycles. The minimum absolute atomic E-state index is 0.116. The standard InChI is InChI=1S/C16H16N2O2/c1-10-12(5-3-7-14(10)19)16(20)18-9-8-11-4-2-6-13(17)15(11)18/h2-7,19H,8-9,17H2,1H3. The molecule has 0 fully saturated rings. The Morgan fingerprint density at radius 3 is 2.80 bits per heavy atom. The summed E-state index contributed by atoms with van der Waals surface area (Å²) in [6.45, 7) is 2.37. The molecule has 0 aliphatic carbocycles. The molecule has 20 heavy (non-hydrogen) atoms. The van der Waals surface area contributed by atoms with Crippen LogP contribution >= 0.6 is 0 Å². The Labute approximate surface area is 117 Å². The molecule has 0 saturated carbocycles. The average molecular weight is 268 g/mol. The molecule has 1 amide bonds. The van der Waals surface area contributed by atoms with E-state index in [1.807, 2.05) is 12.1 Å². The molecule has 0 radical (unpaired) electrons. The van der Waals surface area contributed by atoms with E-state index in [0.29, 0.717) is 23.4 Å². The lowest BCUT2D eigenvalue weighted by Crippen LogP contribution is -2.30. The number of nitrogens with two attached hydrogens (primary N) is 1. The van der Waals surface area contributed by atoms with Crippen molar-refractivity contribution in [3.8, 4) is 5.75 Å². The van der Waals surface area contributed by atoms with Crippen LogP contribution in [0.1, 0.15) is 21.5 Å². The van der Waals surface area contributed by atoms with Crippen LogP contribution in [0.2, 0.25) is 0 Å². The number of nitrogen functional groups attached to an aromatic ring is 1. The summed E-state index contributed by atoms with van der Waals surface area (Å²) in [6, 6.07) is 10.7. The van der Waals surface area contributed by atoms with Gasteiger partial charge in [-0.15, -0.1) is 0 Å². The number of rotatable bonds is 1. The molecule has 1 heterocycles. The largest absolute Gasteiger partial charge is 0.508 e. The highest BCUT2D eigenvalue weighted by molar-refractivity contribution is 6.10. The monoisotopic (exact) mass is 268 g/mol. The lowest BCUT2D eigenvalue weighted by Gasteiger charge is -2.20. The van der Waals surface area contributed by atoms with Gasteiger partial charge in [-0.2, -0.15) is 0 Å². The maximum atomic E-state index is 12.7. The van der Waals surface area contributed by atoms with E-state index >= 15 is 0 Å². The van der Waals surface area contributed by atoms with E-state index in [9.17, 15) is 9.90 Å². The van der Waals surface area contributed by atoms with Crippen molar-refractivity contribution in [1.82, 2.24) is 0 Å². The van der Waals surface area contributed by atoms with Crippen molar-refractivity contribution in [3.05, 3.63) is 53.1 Å². The number of anilines is 2. The van der Waals surface area contributed by atoms with Crippen LogP contribution in [0.25, 0.3) is 0 Å². The average Bonchev–Trinajstić information content (AvgIpc) is 2.86. The lowest BCUT2D eigenvalue weighted by molar-refractivity contribution is 0.0988. The number of benzene rings is 2. The molecule has 4 heteroatoms. The molecular formula is C16H16N2O2. The van der Waals surface area contributed by atoms with Gasteiger partial charge in [-0.25, -0.2) is 0 Å². The van der Waals surface area contributed by atoms with Gasteiger partial charge in [0.05, 0.1) is 11.4 Å². The van der Waals surface area contributed by atoms with Crippen molar-refractivity contribution < 1.29 is 9.90 Å². The second kappa shape index (κ2) is 4.56. The Balaban J connectivity index is 2.04. The van der Waals surface area contributed by atoms with Gasteiger partial charge in [-0.3, -0.25) is 4.79 Å². The van der Waals surface area contributed by atoms with E-state index in [1.165, 1.54) is 0 Å². The maximum Gasteiger partial charge on any atom is 0.258 e. The number of amides is 1. The van der Waals surface area contributed by atoms with Gasteiger partial charge in [0.1, 0.15) is 5.75 Å². The number of phenolic OH excluding ortho intramolecular Hbond substituents is 1. The molecule has 3 rings (SSSR count). The third kappa shape index (κ3) is 1.81. The summed E-state index contributed by atoms with van der Waals surface area (Å²) in [7, 11) is 0. The Morgan fingerprint density at radius 2 is 2.00 bits per heavy atom. The summed E-state index contributed by atoms with van der Waals surface area (Å²) in [5.74, 6) is 0.0198. The van der Waals surface area contributed by atoms with Crippen LogP contribution in [0.5, 0.6) is 5.75 Å². The van der Waals surface area contributed by atoms with Gasteiger partial charge in [0.15, 0.2) is 0 Å². The Kier molecular flexibility index (Phi) is 2.86. The van der Waals surface area contributed by atoms with E-state index in [2.05, 4.69) is 0 Å². The zero-order valence-corrected chi connectivity index (χ0v) is 11.3. The quantitative estimate of drug-likeness (QED) is 0.781. The molecule has 2 aromatic carbocycles. The van der Waals surface area contributed by atoms with E-state index < -0.39 is 0 Å². The fourth-order valence-corrected chi connectivity index (χ4v) is 2.69. The van der Waals surface area contributed by atoms with Crippen molar-refractivity contribution in [2.45, 2.75) is 13.3 Å². The fourth-order valence-electron chi connectivity index (χ4n) is 2.69. The number of aromatic hydroxyl groups is 1. The Morgan fingerprint density at radius 1 is 1.25 bits per heavy atom. The zero-order chi connectivity index (χ0) is 14.3. The summed E-state index contributed by atoms with van der Waals surface area (Å²) < 4.78 is 0. The van der Waals surface area contributed by atoms with E-state index in [4.69, 9.17) is 5.73 Å². The molecule has 1 aliphatic heterocycles. The normalized spacial score (nSPS) is 13.3. The van der Waals surface area contributed by atoms with Gasteiger partial charge >= 0.3 is 0 Å². The maximum absolute atomic E-state index is 12.7. The molecule has 0 atom stereocenters. The molecule has 0 bridgehead atoms. The van der Waals surface area contributed by atoms with Crippen molar-refractivity contribution in [1.29, 1.82) is 0 Å². The van der Waals surface area contributed by atoms with Gasteiger partial charge in [0, 0.05) is 17.7 Å². The molecule has 1 aliphatic rings. The Bertz CT molecular complexity index is 695. The van der Waals surface area contributed by atoms with Crippen LogP contribution in [0.3, 0.4) is 0 Å². The number of hydrogen-bond acceptors (Lipinski definition) is 3. The topological polar surface area (TPSA) is 66.6 Å². The Hall–Kier alpha value is -2.49. The number of nitrogens with zero attached hydrogens (tertiary/aromatic N) is 1. The van der Waals surface area contributed by atoms with Crippen LogP contribution in [0.15, 0.2) is 36.4 Å². The van der Waals surface area contributed by atoms with Gasteiger partial charge in [0.2, 0.25) is 0 Å². The number of carbonyl (C=O) groups excluding carboxylic acids is 1. The van der Waals surface area contributed by atoms with Crippen LogP contribution < -0.4 is 10.6 Å². The van der Waals surface area contributed by atoms with Gasteiger partial charge in [-0.05, 0) is 37.1 Å². The van der Waals surface area contributed by atoms with Crippen molar-refractivity contribution in [2.75, 3.05) is 17.2 Å². The fraction of sp³-hybridized carbons (Fsp3) is 0.188. The summed E-state index contributed by atoms with van der Waals surface area (Å²) in [5.41, 5.74) is 9.63. The molecule has 102 valence electrons. The van der Waals surface area contributed by atoms with Crippen LogP contribution in [-0.4, -0.2) is 17.6 Å². The first kappa shape index (κ1) is 12.5. The SMILES string of the molecule is Cc1c(O)cccc1C(=O)N1CCc2cccc(N)c21. The first-order chi connectivity index (χ1) is 9.59. The predicted molar refractivity (Wildman–Crippen MR) is 79.1 cm³/mol. The van der Waals surface area contributed by atoms with E-state index in [-0.39, 0.29) is 11.7 Å². The first-order valence-electron chi connectivity index (χ1n) is 6.57. The predicted octanol–water partition coefficient (Wildman–Crippen LogP) is 2.49. The summed E-state index contributed by atoms with van der Waals surface area (Å²) >= 11 is 0. The number of fused-ring (bicyclic) bond motifs is 1. The summed E-state index contributed by atoms with van der Waals surface area (Å²) in [6.07, 6.45) is 0.810. The molecule has 3 N–H and O–H groups in total. The zero-order valence-electron chi connectivity index (χ0n) is 11.3. The minimum Gasteiger partial charge on any atom is -0.508 e. The second-order valence-corrected chi connectivity index (χ2v) is 5.01. The van der Waals surface area contributed by atoms with E-state index in [0.717, 1.165) is 17.7 Å². The van der Waals surface area contributed by atoms with Crippen molar-refractivity contribution in [2.24, 2.45) is 0 Å². The lowest BCUT2D eigenvalue weighted by atomic mass is 10.1. The first-order valence-corrected chi connectivity index (χ1v) is 6.57. The highest BCUT2D eigenvalue weighted by Crippen LogP contribution is 2.35. The van der Waals surface area contributed by atoms with Crippen LogP contribution in [-0.2, 0) is 6.42 Å². The van der Waals surface area contributed by atoms with Crippen LogP contribution in [0.4, 0.5) is 11.4 Å². The number of hydrogen-bond donors (Lipinski definition) is 2. The molecular weight excluding hydrogens is 252 g/mol. The molecule has 4 nitrogen and oxygen atoms in total. The molecule has 2 aromatic rings. The smallest absolute Gasteiger partial charge is 0.258 e. The third-order valence-electron chi connectivity index (χ3n) is 3.81. The van der Waals surface area contributed by atoms with Gasteiger partial charge in [-0.1, -0.05) is 18.2 Å². The van der Waals surface area contributed by atoms with Crippen LogP contribution in [0, 0.1) is 6.92 Å². The summed E-state index contributed by atoms with van der Waals surface area (Å²) in [4.78, 5) is 14.4. The second-order valence-electron chi connectivity index (χ2n) is 5.01. The van der Waals surface area contributed by atoms with Gasteiger partial charge in [0.25, 0.3) is 5.91 Å². The van der Waals surface area contributed by atoms with Crippen molar-refractivity contribution in [3.63, 3.8) is 0 Å². The number of carbonyl (C=O) groups is 1. The number of para-hydroxylation sites is 1. The number of phenols is 1. The molecule has 0 saturated heterocycles. The highest BCUT2D eigenvalue weighted by Gasteiger charge is 2.28. The molecule has 0 unspecified atom stereocenters. The van der Waals surface area contributed by atoms with E-state index in [1.54, 1.807) is 36.1 Å².